The molecule has 0 bridgehead atoms. The summed E-state index contributed by atoms with van der Waals surface area (Å²) in [5.74, 6) is -0.157. The van der Waals surface area contributed by atoms with Crippen molar-refractivity contribution in [3.8, 4) is 0 Å². The Balaban J connectivity index is 1.77. The van der Waals surface area contributed by atoms with E-state index in [9.17, 15) is 4.39 Å². The van der Waals surface area contributed by atoms with E-state index in [1.165, 1.54) is 32.1 Å². The molecule has 1 aliphatic heterocycles. The van der Waals surface area contributed by atoms with E-state index in [1.54, 1.807) is 6.07 Å². The molecule has 2 nitrogen and oxygen atoms in total. The molecular formula is C16H22BrFN2. The molecule has 110 valence electrons. The lowest BCUT2D eigenvalue weighted by molar-refractivity contribution is 0.0208. The molecule has 1 aromatic carbocycles. The highest BCUT2D eigenvalue weighted by molar-refractivity contribution is 9.10. The minimum Gasteiger partial charge on any atom is -0.314 e. The predicted molar refractivity (Wildman–Crippen MR) is 83.2 cm³/mol. The van der Waals surface area contributed by atoms with Crippen LogP contribution in [0.15, 0.2) is 22.7 Å². The van der Waals surface area contributed by atoms with E-state index in [0.29, 0.717) is 10.0 Å². The summed E-state index contributed by atoms with van der Waals surface area (Å²) >= 11 is 3.23. The lowest BCUT2D eigenvalue weighted by atomic mass is 9.79. The molecule has 0 atom stereocenters. The van der Waals surface area contributed by atoms with Crippen LogP contribution in [0.1, 0.15) is 37.7 Å². The smallest absolute Gasteiger partial charge is 0.137 e. The molecule has 20 heavy (non-hydrogen) atoms. The van der Waals surface area contributed by atoms with Crippen LogP contribution in [0.5, 0.6) is 0 Å². The first-order valence-corrected chi connectivity index (χ1v) is 8.39. The van der Waals surface area contributed by atoms with Crippen LogP contribution in [-0.4, -0.2) is 30.1 Å². The zero-order valence-corrected chi connectivity index (χ0v) is 13.4. The van der Waals surface area contributed by atoms with Crippen molar-refractivity contribution in [1.29, 1.82) is 0 Å². The Hall–Kier alpha value is -0.450. The van der Waals surface area contributed by atoms with Gasteiger partial charge in [0, 0.05) is 31.7 Å². The number of nitrogens with zero attached hydrogens (tertiary/aromatic N) is 1. The highest BCUT2D eigenvalue weighted by atomic mass is 79.9. The largest absolute Gasteiger partial charge is 0.314 e. The number of piperazine rings is 1. The fraction of sp³-hybridized carbons (Fsp3) is 0.625. The average molecular weight is 341 g/mol. The molecule has 1 N–H and O–H groups in total. The Labute approximate surface area is 128 Å². The van der Waals surface area contributed by atoms with Crippen molar-refractivity contribution in [2.24, 2.45) is 0 Å². The molecule has 0 aromatic heterocycles. The second-order valence-electron chi connectivity index (χ2n) is 6.13. The van der Waals surface area contributed by atoms with Crippen LogP contribution in [0.3, 0.4) is 0 Å². The van der Waals surface area contributed by atoms with Crippen molar-refractivity contribution < 1.29 is 4.39 Å². The van der Waals surface area contributed by atoms with Gasteiger partial charge in [-0.2, -0.15) is 0 Å². The maximum atomic E-state index is 13.7. The van der Waals surface area contributed by atoms with Gasteiger partial charge >= 0.3 is 0 Å². The molecule has 4 heteroatoms. The third-order valence-corrected chi connectivity index (χ3v) is 5.47. The van der Waals surface area contributed by atoms with Crippen molar-refractivity contribution in [3.05, 3.63) is 34.1 Å². The molecule has 1 aliphatic carbocycles. The van der Waals surface area contributed by atoms with Gasteiger partial charge in [0.2, 0.25) is 0 Å². The van der Waals surface area contributed by atoms with Gasteiger partial charge in [0.1, 0.15) is 5.82 Å². The van der Waals surface area contributed by atoms with Gasteiger partial charge in [-0.1, -0.05) is 25.3 Å². The van der Waals surface area contributed by atoms with Crippen molar-refractivity contribution in [2.75, 3.05) is 19.6 Å². The summed E-state index contributed by atoms with van der Waals surface area (Å²) in [6.45, 7) is 4.07. The lowest BCUT2D eigenvalue weighted by Crippen LogP contribution is -2.61. The van der Waals surface area contributed by atoms with Gasteiger partial charge in [0.15, 0.2) is 0 Å². The molecule has 2 aliphatic rings. The van der Waals surface area contributed by atoms with Crippen LogP contribution in [0, 0.1) is 5.82 Å². The summed E-state index contributed by atoms with van der Waals surface area (Å²) in [5.41, 5.74) is 1.39. The first-order valence-electron chi connectivity index (χ1n) is 7.59. The molecule has 0 unspecified atom stereocenters. The molecule has 0 amide bonds. The van der Waals surface area contributed by atoms with Crippen molar-refractivity contribution >= 4 is 15.9 Å². The molecule has 0 radical (unpaired) electrons. The Morgan fingerprint density at radius 2 is 2.05 bits per heavy atom. The van der Waals surface area contributed by atoms with Gasteiger partial charge in [-0.05, 0) is 46.5 Å². The number of nitrogens with one attached hydrogen (secondary N) is 1. The Kier molecular flexibility index (Phi) is 4.43. The minimum atomic E-state index is -0.157. The Morgan fingerprint density at radius 3 is 2.80 bits per heavy atom. The maximum absolute atomic E-state index is 13.7. The normalized spacial score (nSPS) is 23.1. The maximum Gasteiger partial charge on any atom is 0.137 e. The Bertz CT molecular complexity index is 463. The zero-order valence-electron chi connectivity index (χ0n) is 11.8. The van der Waals surface area contributed by atoms with E-state index in [2.05, 4.69) is 26.1 Å². The van der Waals surface area contributed by atoms with Gasteiger partial charge in [-0.25, -0.2) is 4.39 Å². The van der Waals surface area contributed by atoms with E-state index >= 15 is 0 Å². The number of hydrogen-bond donors (Lipinski definition) is 1. The third kappa shape index (κ3) is 2.92. The highest BCUT2D eigenvalue weighted by Gasteiger charge is 2.39. The molecule has 1 heterocycles. The van der Waals surface area contributed by atoms with Crippen LogP contribution in [0.25, 0.3) is 0 Å². The van der Waals surface area contributed by atoms with E-state index in [-0.39, 0.29) is 5.82 Å². The van der Waals surface area contributed by atoms with Crippen molar-refractivity contribution in [2.45, 2.75) is 44.2 Å². The van der Waals surface area contributed by atoms with E-state index in [1.807, 2.05) is 12.1 Å². The highest BCUT2D eigenvalue weighted by Crippen LogP contribution is 2.35. The van der Waals surface area contributed by atoms with Crippen molar-refractivity contribution in [3.63, 3.8) is 0 Å². The standard InChI is InChI=1S/C16H22BrFN2/c17-14-5-4-13(10-15(14)18)11-20-9-8-19-12-16(20)6-2-1-3-7-16/h4-5,10,19H,1-3,6-9,11-12H2. The summed E-state index contributed by atoms with van der Waals surface area (Å²) in [6, 6.07) is 5.52. The molecule has 1 aromatic rings. The summed E-state index contributed by atoms with van der Waals surface area (Å²) < 4.78 is 14.2. The number of halogens is 2. The monoisotopic (exact) mass is 340 g/mol. The number of hydrogen-bond acceptors (Lipinski definition) is 2. The predicted octanol–water partition coefficient (Wildman–Crippen LogP) is 3.70. The molecule has 1 spiro atoms. The van der Waals surface area contributed by atoms with E-state index in [4.69, 9.17) is 0 Å². The summed E-state index contributed by atoms with van der Waals surface area (Å²) in [7, 11) is 0. The van der Waals surface area contributed by atoms with Gasteiger partial charge < -0.3 is 5.32 Å². The fourth-order valence-electron chi connectivity index (χ4n) is 3.69. The van der Waals surface area contributed by atoms with E-state index < -0.39 is 0 Å². The lowest BCUT2D eigenvalue weighted by Gasteiger charge is -2.50. The Morgan fingerprint density at radius 1 is 1.25 bits per heavy atom. The van der Waals surface area contributed by atoms with Gasteiger partial charge in [0.25, 0.3) is 0 Å². The molecule has 3 rings (SSSR count). The SMILES string of the molecule is Fc1cc(CN2CCNCC23CCCCC3)ccc1Br. The second-order valence-corrected chi connectivity index (χ2v) is 6.99. The molecule has 1 saturated heterocycles. The molecular weight excluding hydrogens is 319 g/mol. The fourth-order valence-corrected chi connectivity index (χ4v) is 3.94. The number of benzene rings is 1. The first kappa shape index (κ1) is 14.5. The van der Waals surface area contributed by atoms with Crippen LogP contribution < -0.4 is 5.32 Å². The van der Waals surface area contributed by atoms with E-state index in [0.717, 1.165) is 31.7 Å². The average Bonchev–Trinajstić information content (AvgIpc) is 2.47. The topological polar surface area (TPSA) is 15.3 Å². The zero-order chi connectivity index (χ0) is 14.0. The van der Waals surface area contributed by atoms with Crippen LogP contribution in [0.4, 0.5) is 4.39 Å². The van der Waals surface area contributed by atoms with Crippen LogP contribution in [-0.2, 0) is 6.54 Å². The third-order valence-electron chi connectivity index (χ3n) is 4.83. The van der Waals surface area contributed by atoms with Crippen LogP contribution >= 0.6 is 15.9 Å². The van der Waals surface area contributed by atoms with Crippen LogP contribution in [0.2, 0.25) is 0 Å². The minimum absolute atomic E-state index is 0.157. The van der Waals surface area contributed by atoms with Gasteiger partial charge in [-0.15, -0.1) is 0 Å². The second kappa shape index (κ2) is 6.12. The molecule has 1 saturated carbocycles. The quantitative estimate of drug-likeness (QED) is 0.883. The van der Waals surface area contributed by atoms with Gasteiger partial charge in [0.05, 0.1) is 4.47 Å². The summed E-state index contributed by atoms with van der Waals surface area (Å²) in [6.07, 6.45) is 6.57. The summed E-state index contributed by atoms with van der Waals surface area (Å²) in [4.78, 5) is 2.59. The van der Waals surface area contributed by atoms with Gasteiger partial charge in [-0.3, -0.25) is 4.90 Å². The summed E-state index contributed by atoms with van der Waals surface area (Å²) in [5, 5.41) is 3.56. The first-order chi connectivity index (χ1) is 9.70. The number of rotatable bonds is 2. The van der Waals surface area contributed by atoms with Crippen molar-refractivity contribution in [1.82, 2.24) is 10.2 Å². The molecule has 2 fully saturated rings.